The van der Waals surface area contributed by atoms with Crippen molar-refractivity contribution in [2.24, 2.45) is 4.99 Å². The van der Waals surface area contributed by atoms with Crippen molar-refractivity contribution in [3.05, 3.63) is 52.0 Å². The second-order valence-corrected chi connectivity index (χ2v) is 10.2. The van der Waals surface area contributed by atoms with Gasteiger partial charge in [0.15, 0.2) is 0 Å². The van der Waals surface area contributed by atoms with Crippen LogP contribution in [0.1, 0.15) is 44.2 Å². The first kappa shape index (κ1) is 23.6. The zero-order valence-electron chi connectivity index (χ0n) is 17.0. The number of unbranched alkanes of at least 4 members (excludes halogenated alkanes) is 1. The van der Waals surface area contributed by atoms with E-state index in [1.807, 2.05) is 31.4 Å². The number of nitrogens with zero attached hydrogens (tertiary/aromatic N) is 2. The lowest BCUT2D eigenvalue weighted by Crippen LogP contribution is -2.07. The van der Waals surface area contributed by atoms with Crippen LogP contribution in [0, 0.1) is 0 Å². The predicted octanol–water partition coefficient (Wildman–Crippen LogP) is 5.34. The van der Waals surface area contributed by atoms with E-state index < -0.39 is 11.2 Å². The predicted molar refractivity (Wildman–Crippen MR) is 128 cm³/mol. The molecule has 0 amide bonds. The number of rotatable bonds is 10. The molecule has 0 aliphatic heterocycles. The van der Waals surface area contributed by atoms with Crippen molar-refractivity contribution in [2.45, 2.75) is 37.8 Å². The van der Waals surface area contributed by atoms with Gasteiger partial charge in [-0.25, -0.2) is 9.98 Å². The molecule has 0 bridgehead atoms. The summed E-state index contributed by atoms with van der Waals surface area (Å²) in [5, 5.41) is 12.5. The molecule has 2 heterocycles. The van der Waals surface area contributed by atoms with Crippen LogP contribution >= 0.6 is 22.7 Å². The maximum absolute atomic E-state index is 12.8. The zero-order valence-corrected chi connectivity index (χ0v) is 19.4. The molecule has 0 radical (unpaired) electrons. The molecule has 1 unspecified atom stereocenters. The molecule has 0 aliphatic carbocycles. The Morgan fingerprint density at radius 2 is 2.17 bits per heavy atom. The molecule has 0 saturated heterocycles. The molecule has 0 fully saturated rings. The fraction of sp³-hybridized carbons (Fsp3) is 0.333. The summed E-state index contributed by atoms with van der Waals surface area (Å²) >= 11 is 1.68. The number of thiazole rings is 1. The van der Waals surface area contributed by atoms with E-state index in [0.29, 0.717) is 26.2 Å². The summed E-state index contributed by atoms with van der Waals surface area (Å²) in [5.41, 5.74) is 10.1. The molecule has 3 N–H and O–H groups in total. The minimum absolute atomic E-state index is 0.000756. The minimum Gasteiger partial charge on any atom is -0.611 e. The summed E-state index contributed by atoms with van der Waals surface area (Å²) in [4.78, 5) is 8.81. The molecule has 2 aromatic heterocycles. The molecule has 29 heavy (non-hydrogen) atoms. The highest BCUT2D eigenvalue weighted by molar-refractivity contribution is 7.93. The lowest BCUT2D eigenvalue weighted by molar-refractivity contribution is 0.331. The Bertz CT molecular complexity index is 912. The fourth-order valence-electron chi connectivity index (χ4n) is 2.36. The fourth-order valence-corrected chi connectivity index (χ4v) is 5.63. The van der Waals surface area contributed by atoms with Gasteiger partial charge in [0, 0.05) is 17.1 Å². The Labute approximate surface area is 183 Å². The molecular formula is C21H27N3O2S3. The number of allylic oxidation sites excluding steroid dienone is 4. The van der Waals surface area contributed by atoms with E-state index in [9.17, 15) is 9.66 Å². The number of hydrogen-bond acceptors (Lipinski definition) is 7. The first-order valence-electron chi connectivity index (χ1n) is 9.27. The summed E-state index contributed by atoms with van der Waals surface area (Å²) in [6.45, 7) is 10.1. The third-order valence-electron chi connectivity index (χ3n) is 4.17. The first-order chi connectivity index (χ1) is 13.9. The van der Waals surface area contributed by atoms with Gasteiger partial charge in [-0.1, -0.05) is 43.4 Å². The number of aliphatic imine (C=N–C) groups is 1. The number of aromatic nitrogens is 1. The standard InChI is InChI=1S/C21H27N3O2S3/c1-5-6-11-29(26)21-19(22)18(16(4)15(3)8-7-14(2)13-25)20(28-21)24-12-17-23-9-10-27-17/h7-10,12,25H,4-6,11,13,22H2,1-3H3/b14-7+,15-8+,24-12+. The number of thiophene rings is 1. The van der Waals surface area contributed by atoms with Crippen LogP contribution in [0.25, 0.3) is 5.57 Å². The molecule has 2 aromatic rings. The number of nitrogen functional groups attached to an aromatic ring is 1. The highest BCUT2D eigenvalue weighted by Crippen LogP contribution is 2.46. The lowest BCUT2D eigenvalue weighted by atomic mass is 10.0. The van der Waals surface area contributed by atoms with Gasteiger partial charge >= 0.3 is 0 Å². The Morgan fingerprint density at radius 1 is 1.41 bits per heavy atom. The number of aliphatic hydroxyl groups excluding tert-OH is 1. The van der Waals surface area contributed by atoms with E-state index in [4.69, 9.17) is 5.73 Å². The van der Waals surface area contributed by atoms with Crippen molar-refractivity contribution < 1.29 is 9.66 Å². The normalized spacial score (nSPS) is 14.0. The zero-order chi connectivity index (χ0) is 21.4. The molecule has 0 aliphatic rings. The molecule has 0 aromatic carbocycles. The molecular weight excluding hydrogens is 422 g/mol. The smallest absolute Gasteiger partial charge is 0.232 e. The van der Waals surface area contributed by atoms with Crippen LogP contribution in [0.2, 0.25) is 0 Å². The molecule has 0 spiro atoms. The van der Waals surface area contributed by atoms with Crippen LogP contribution in [0.4, 0.5) is 10.7 Å². The number of nitrogens with two attached hydrogens (primary N) is 1. The van der Waals surface area contributed by atoms with Crippen molar-refractivity contribution >= 4 is 56.3 Å². The maximum atomic E-state index is 12.8. The Kier molecular flexibility index (Phi) is 9.32. The average molecular weight is 450 g/mol. The highest BCUT2D eigenvalue weighted by atomic mass is 32.2. The molecule has 8 heteroatoms. The number of hydrogen-bond donors (Lipinski definition) is 2. The first-order valence-corrected chi connectivity index (χ1v) is 12.3. The quantitative estimate of drug-likeness (QED) is 0.291. The average Bonchev–Trinajstić information content (AvgIpc) is 3.35. The van der Waals surface area contributed by atoms with E-state index in [1.54, 1.807) is 12.4 Å². The summed E-state index contributed by atoms with van der Waals surface area (Å²) < 4.78 is 13.4. The van der Waals surface area contributed by atoms with Gasteiger partial charge in [0.25, 0.3) is 0 Å². The second-order valence-electron chi connectivity index (χ2n) is 6.51. The SMILES string of the molecule is C=C(/C(C)=C/C=C(\C)CO)c1c(/N=C/c2nccs2)sc([S+]([O-])CCCC)c1N. The number of anilines is 1. The van der Waals surface area contributed by atoms with E-state index in [2.05, 4.69) is 23.5 Å². The van der Waals surface area contributed by atoms with E-state index >= 15 is 0 Å². The van der Waals surface area contributed by atoms with Crippen LogP contribution in [0.3, 0.4) is 0 Å². The molecule has 0 saturated carbocycles. The Morgan fingerprint density at radius 3 is 2.79 bits per heavy atom. The van der Waals surface area contributed by atoms with Crippen LogP contribution in [0.5, 0.6) is 0 Å². The summed E-state index contributed by atoms with van der Waals surface area (Å²) in [6, 6.07) is 0. The van der Waals surface area contributed by atoms with Gasteiger partial charge in [-0.15, -0.1) is 11.3 Å². The minimum atomic E-state index is -1.17. The van der Waals surface area contributed by atoms with Crippen molar-refractivity contribution in [2.75, 3.05) is 18.1 Å². The largest absolute Gasteiger partial charge is 0.611 e. The second kappa shape index (κ2) is 11.5. The van der Waals surface area contributed by atoms with Gasteiger partial charge in [0.1, 0.15) is 21.4 Å². The number of aliphatic hydroxyl groups is 1. The van der Waals surface area contributed by atoms with Crippen molar-refractivity contribution in [1.29, 1.82) is 0 Å². The third kappa shape index (κ3) is 6.38. The van der Waals surface area contributed by atoms with Crippen LogP contribution in [-0.2, 0) is 11.2 Å². The lowest BCUT2D eigenvalue weighted by Gasteiger charge is -2.10. The molecule has 5 nitrogen and oxygen atoms in total. The highest BCUT2D eigenvalue weighted by Gasteiger charge is 2.26. The molecule has 156 valence electrons. The van der Waals surface area contributed by atoms with Gasteiger partial charge in [-0.3, -0.25) is 0 Å². The van der Waals surface area contributed by atoms with E-state index in [0.717, 1.165) is 34.6 Å². The summed E-state index contributed by atoms with van der Waals surface area (Å²) in [6.07, 6.45) is 9.02. The van der Waals surface area contributed by atoms with E-state index in [-0.39, 0.29) is 6.61 Å². The van der Waals surface area contributed by atoms with E-state index in [1.165, 1.54) is 22.7 Å². The molecule has 1 atom stereocenters. The maximum Gasteiger partial charge on any atom is 0.232 e. The van der Waals surface area contributed by atoms with Gasteiger partial charge in [-0.05, 0) is 48.2 Å². The van der Waals surface area contributed by atoms with Crippen LogP contribution in [0.15, 0.2) is 50.7 Å². The van der Waals surface area contributed by atoms with Gasteiger partial charge in [0.2, 0.25) is 4.21 Å². The Balaban J connectivity index is 2.46. The molecule has 2 rings (SSSR count). The monoisotopic (exact) mass is 449 g/mol. The van der Waals surface area contributed by atoms with Gasteiger partial charge in [0.05, 0.1) is 12.8 Å². The van der Waals surface area contributed by atoms with Crippen molar-refractivity contribution in [3.63, 3.8) is 0 Å². The summed E-state index contributed by atoms with van der Waals surface area (Å²) in [7, 11) is 0. The van der Waals surface area contributed by atoms with Crippen LogP contribution < -0.4 is 5.73 Å². The van der Waals surface area contributed by atoms with Crippen LogP contribution in [-0.4, -0.2) is 33.2 Å². The Hall–Kier alpha value is -1.71. The van der Waals surface area contributed by atoms with Gasteiger partial charge < -0.3 is 15.4 Å². The van der Waals surface area contributed by atoms with Gasteiger partial charge in [-0.2, -0.15) is 0 Å². The van der Waals surface area contributed by atoms with Crippen molar-refractivity contribution in [3.8, 4) is 0 Å². The third-order valence-corrected chi connectivity index (χ3v) is 7.89. The van der Waals surface area contributed by atoms with Crippen molar-refractivity contribution in [1.82, 2.24) is 4.98 Å². The summed E-state index contributed by atoms with van der Waals surface area (Å²) in [5.74, 6) is 0.579. The topological polar surface area (TPSA) is 94.6 Å².